The van der Waals surface area contributed by atoms with Gasteiger partial charge < -0.3 is 14.3 Å². The van der Waals surface area contributed by atoms with E-state index in [9.17, 15) is 4.39 Å². The summed E-state index contributed by atoms with van der Waals surface area (Å²) in [6.45, 7) is 0. The van der Waals surface area contributed by atoms with E-state index in [0.29, 0.717) is 28.7 Å². The van der Waals surface area contributed by atoms with Crippen LogP contribution in [0.15, 0.2) is 61.1 Å². The molecule has 0 bridgehead atoms. The topological polar surface area (TPSA) is 55.7 Å². The van der Waals surface area contributed by atoms with E-state index in [-0.39, 0.29) is 5.82 Å². The Morgan fingerprint density at radius 3 is 2.70 bits per heavy atom. The molecule has 2 aromatic carbocycles. The first kappa shape index (κ1) is 17.3. The molecular formula is C20H16ClFN4O. The molecular weight excluding hydrogens is 367 g/mol. The van der Waals surface area contributed by atoms with Gasteiger partial charge in [0, 0.05) is 47.4 Å². The number of benzene rings is 2. The average molecular weight is 383 g/mol. The minimum Gasteiger partial charge on any atom is -0.496 e. The van der Waals surface area contributed by atoms with Gasteiger partial charge in [-0.1, -0.05) is 17.7 Å². The SMILES string of the molecule is COc1cc(F)ccc1Cc1nc(-c2ncc[nH]2)cn1-c1ccc(Cl)cc1. The molecule has 4 aromatic rings. The lowest BCUT2D eigenvalue weighted by Crippen LogP contribution is -2.03. The van der Waals surface area contributed by atoms with Gasteiger partial charge in [0.15, 0.2) is 5.82 Å². The summed E-state index contributed by atoms with van der Waals surface area (Å²) in [5.74, 6) is 1.59. The van der Waals surface area contributed by atoms with Crippen molar-refractivity contribution in [3.8, 4) is 23.0 Å². The Labute approximate surface area is 160 Å². The van der Waals surface area contributed by atoms with Crippen molar-refractivity contribution in [2.24, 2.45) is 0 Å². The second-order valence-corrected chi connectivity index (χ2v) is 6.40. The molecule has 0 aliphatic carbocycles. The number of nitrogens with one attached hydrogen (secondary N) is 1. The minimum absolute atomic E-state index is 0.340. The van der Waals surface area contributed by atoms with Gasteiger partial charge in [-0.25, -0.2) is 14.4 Å². The van der Waals surface area contributed by atoms with Crippen molar-refractivity contribution >= 4 is 11.6 Å². The summed E-state index contributed by atoms with van der Waals surface area (Å²) in [5.41, 5.74) is 2.47. The van der Waals surface area contributed by atoms with Crippen molar-refractivity contribution < 1.29 is 9.13 Å². The number of aromatic nitrogens is 4. The normalized spacial score (nSPS) is 10.9. The van der Waals surface area contributed by atoms with Gasteiger partial charge in [-0.2, -0.15) is 0 Å². The van der Waals surface area contributed by atoms with Crippen LogP contribution in [0.2, 0.25) is 5.02 Å². The Balaban J connectivity index is 1.80. The van der Waals surface area contributed by atoms with Crippen molar-refractivity contribution in [3.05, 3.63) is 83.3 Å². The van der Waals surface area contributed by atoms with E-state index >= 15 is 0 Å². The average Bonchev–Trinajstić information content (AvgIpc) is 3.34. The number of imidazole rings is 2. The largest absolute Gasteiger partial charge is 0.496 e. The van der Waals surface area contributed by atoms with Crippen molar-refractivity contribution in [2.45, 2.75) is 6.42 Å². The summed E-state index contributed by atoms with van der Waals surface area (Å²) in [6.07, 6.45) is 5.80. The van der Waals surface area contributed by atoms with Crippen molar-refractivity contribution in [1.29, 1.82) is 0 Å². The van der Waals surface area contributed by atoms with Crippen molar-refractivity contribution in [2.75, 3.05) is 7.11 Å². The van der Waals surface area contributed by atoms with Gasteiger partial charge >= 0.3 is 0 Å². The molecule has 0 atom stereocenters. The molecule has 7 heteroatoms. The molecule has 0 aliphatic rings. The molecule has 1 N–H and O–H groups in total. The maximum atomic E-state index is 13.5. The zero-order chi connectivity index (χ0) is 18.8. The molecule has 2 aromatic heterocycles. The number of ether oxygens (including phenoxy) is 1. The number of hydrogen-bond acceptors (Lipinski definition) is 3. The summed E-state index contributed by atoms with van der Waals surface area (Å²) in [7, 11) is 1.53. The summed E-state index contributed by atoms with van der Waals surface area (Å²) in [5, 5.41) is 0.659. The highest BCUT2D eigenvalue weighted by molar-refractivity contribution is 6.30. The standard InChI is InChI=1S/C20H16ClFN4O/c1-27-18-11-15(22)5-2-13(18)10-19-25-17(20-23-8-9-24-20)12-26(19)16-6-3-14(21)4-7-16/h2-9,11-12H,10H2,1H3,(H,23,24). The highest BCUT2D eigenvalue weighted by atomic mass is 35.5. The van der Waals surface area contributed by atoms with E-state index in [2.05, 4.69) is 9.97 Å². The van der Waals surface area contributed by atoms with Crippen molar-refractivity contribution in [1.82, 2.24) is 19.5 Å². The Morgan fingerprint density at radius 2 is 2.00 bits per heavy atom. The first-order valence-electron chi connectivity index (χ1n) is 8.30. The zero-order valence-corrected chi connectivity index (χ0v) is 15.2. The second-order valence-electron chi connectivity index (χ2n) is 5.96. The molecule has 0 spiro atoms. The molecule has 0 radical (unpaired) electrons. The van der Waals surface area contributed by atoms with Crippen LogP contribution in [0.25, 0.3) is 17.2 Å². The maximum Gasteiger partial charge on any atom is 0.157 e. The monoisotopic (exact) mass is 382 g/mol. The summed E-state index contributed by atoms with van der Waals surface area (Å²) >= 11 is 6.02. The Kier molecular flexibility index (Phi) is 4.64. The van der Waals surface area contributed by atoms with E-state index in [1.807, 2.05) is 35.0 Å². The minimum atomic E-state index is -0.340. The van der Waals surface area contributed by atoms with Crippen LogP contribution in [0, 0.1) is 5.82 Å². The van der Waals surface area contributed by atoms with Gasteiger partial charge in [0.25, 0.3) is 0 Å². The van der Waals surface area contributed by atoms with Gasteiger partial charge in [0.2, 0.25) is 0 Å². The third-order valence-corrected chi connectivity index (χ3v) is 4.47. The number of hydrogen-bond donors (Lipinski definition) is 1. The fourth-order valence-corrected chi connectivity index (χ4v) is 3.05. The number of rotatable bonds is 5. The molecule has 0 saturated heterocycles. The predicted molar refractivity (Wildman–Crippen MR) is 102 cm³/mol. The number of aromatic amines is 1. The van der Waals surface area contributed by atoms with Crippen LogP contribution in [-0.2, 0) is 6.42 Å². The first-order chi connectivity index (χ1) is 13.1. The molecule has 27 heavy (non-hydrogen) atoms. The molecule has 0 saturated carbocycles. The van der Waals surface area contributed by atoms with Gasteiger partial charge in [0.1, 0.15) is 23.1 Å². The molecule has 0 unspecified atom stereocenters. The summed E-state index contributed by atoms with van der Waals surface area (Å²) < 4.78 is 20.8. The van der Waals surface area contributed by atoms with Crippen LogP contribution in [0.5, 0.6) is 5.75 Å². The third-order valence-electron chi connectivity index (χ3n) is 4.22. The summed E-state index contributed by atoms with van der Waals surface area (Å²) in [4.78, 5) is 12.1. The van der Waals surface area contributed by atoms with E-state index in [0.717, 1.165) is 17.1 Å². The smallest absolute Gasteiger partial charge is 0.157 e. The van der Waals surface area contributed by atoms with Gasteiger partial charge in [-0.15, -0.1) is 0 Å². The summed E-state index contributed by atoms with van der Waals surface area (Å²) in [6, 6.07) is 12.0. The van der Waals surface area contributed by atoms with Crippen LogP contribution in [0.3, 0.4) is 0 Å². The molecule has 0 aliphatic heterocycles. The quantitative estimate of drug-likeness (QED) is 0.546. The number of methoxy groups -OCH3 is 1. The van der Waals surface area contributed by atoms with Crippen LogP contribution in [-0.4, -0.2) is 26.6 Å². The fraction of sp³-hybridized carbons (Fsp3) is 0.100. The zero-order valence-electron chi connectivity index (χ0n) is 14.5. The second kappa shape index (κ2) is 7.25. The van der Waals surface area contributed by atoms with Crippen LogP contribution in [0.4, 0.5) is 4.39 Å². The lowest BCUT2D eigenvalue weighted by Gasteiger charge is -2.11. The van der Waals surface area contributed by atoms with E-state index in [4.69, 9.17) is 21.3 Å². The fourth-order valence-electron chi connectivity index (χ4n) is 2.92. The number of H-pyrrole nitrogens is 1. The van der Waals surface area contributed by atoms with Crippen LogP contribution < -0.4 is 4.74 Å². The number of nitrogens with zero attached hydrogens (tertiary/aromatic N) is 3. The van der Waals surface area contributed by atoms with Gasteiger partial charge in [0.05, 0.1) is 7.11 Å². The van der Waals surface area contributed by atoms with Crippen molar-refractivity contribution in [3.63, 3.8) is 0 Å². The van der Waals surface area contributed by atoms with Gasteiger partial charge in [-0.05, 0) is 30.3 Å². The highest BCUT2D eigenvalue weighted by Crippen LogP contribution is 2.26. The Bertz CT molecular complexity index is 1060. The molecule has 2 heterocycles. The van der Waals surface area contributed by atoms with Gasteiger partial charge in [-0.3, -0.25) is 0 Å². The molecule has 5 nitrogen and oxygen atoms in total. The van der Waals surface area contributed by atoms with E-state index in [1.54, 1.807) is 18.5 Å². The predicted octanol–water partition coefficient (Wildman–Crippen LogP) is 4.65. The third kappa shape index (κ3) is 3.57. The highest BCUT2D eigenvalue weighted by Gasteiger charge is 2.15. The number of halogens is 2. The van der Waals surface area contributed by atoms with Crippen LogP contribution >= 0.6 is 11.6 Å². The lowest BCUT2D eigenvalue weighted by atomic mass is 10.1. The molecule has 0 amide bonds. The van der Waals surface area contributed by atoms with E-state index < -0.39 is 0 Å². The Morgan fingerprint density at radius 1 is 1.19 bits per heavy atom. The lowest BCUT2D eigenvalue weighted by molar-refractivity contribution is 0.406. The van der Waals surface area contributed by atoms with E-state index in [1.165, 1.54) is 19.2 Å². The maximum absolute atomic E-state index is 13.5. The Hall–Kier alpha value is -3.12. The molecule has 4 rings (SSSR count). The van der Waals surface area contributed by atoms with Crippen LogP contribution in [0.1, 0.15) is 11.4 Å². The molecule has 136 valence electrons. The first-order valence-corrected chi connectivity index (χ1v) is 8.68. The molecule has 0 fully saturated rings.